The third kappa shape index (κ3) is 2.41. The van der Waals surface area contributed by atoms with Gasteiger partial charge in [-0.1, -0.05) is 18.2 Å². The lowest BCUT2D eigenvalue weighted by Gasteiger charge is -2.24. The van der Waals surface area contributed by atoms with Crippen molar-refractivity contribution in [3.05, 3.63) is 48.0 Å². The summed E-state index contributed by atoms with van der Waals surface area (Å²) in [5, 5.41) is 0. The maximum Gasteiger partial charge on any atom is 0.264 e. The van der Waals surface area contributed by atoms with Crippen molar-refractivity contribution in [3.8, 4) is 11.5 Å². The molecule has 0 N–H and O–H groups in total. The maximum absolute atomic E-state index is 13.2. The largest absolute Gasteiger partial charge is 0.490 e. The fourth-order valence-electron chi connectivity index (χ4n) is 3.32. The second-order valence-corrected chi connectivity index (χ2v) is 7.96. The van der Waals surface area contributed by atoms with Crippen LogP contribution in [0.25, 0.3) is 0 Å². The van der Waals surface area contributed by atoms with Crippen molar-refractivity contribution in [2.24, 2.45) is 0 Å². The van der Waals surface area contributed by atoms with E-state index in [4.69, 9.17) is 9.47 Å². The summed E-state index contributed by atoms with van der Waals surface area (Å²) in [6, 6.07) is 12.4. The molecule has 126 valence electrons. The molecule has 6 heteroatoms. The van der Waals surface area contributed by atoms with E-state index in [2.05, 4.69) is 0 Å². The molecule has 0 spiro atoms. The highest BCUT2D eigenvalue weighted by atomic mass is 32.2. The van der Waals surface area contributed by atoms with Crippen molar-refractivity contribution >= 4 is 15.7 Å². The first-order valence-electron chi connectivity index (χ1n) is 8.09. The van der Waals surface area contributed by atoms with Crippen molar-refractivity contribution in [1.29, 1.82) is 0 Å². The van der Waals surface area contributed by atoms with Crippen LogP contribution in [0.2, 0.25) is 0 Å². The average molecular weight is 345 g/mol. The first kappa shape index (κ1) is 15.3. The van der Waals surface area contributed by atoms with Gasteiger partial charge < -0.3 is 9.47 Å². The number of ether oxygens (including phenoxy) is 2. The van der Waals surface area contributed by atoms with Crippen molar-refractivity contribution in [1.82, 2.24) is 0 Å². The van der Waals surface area contributed by atoms with E-state index >= 15 is 0 Å². The van der Waals surface area contributed by atoms with Crippen molar-refractivity contribution in [2.75, 3.05) is 17.5 Å². The van der Waals surface area contributed by atoms with Crippen LogP contribution in [-0.2, 0) is 16.4 Å². The van der Waals surface area contributed by atoms with E-state index in [0.717, 1.165) is 24.1 Å². The lowest BCUT2D eigenvalue weighted by atomic mass is 10.1. The van der Waals surface area contributed by atoms with Crippen LogP contribution in [0.1, 0.15) is 18.9 Å². The van der Waals surface area contributed by atoms with Gasteiger partial charge >= 0.3 is 0 Å². The summed E-state index contributed by atoms with van der Waals surface area (Å²) in [7, 11) is -3.65. The number of hydrogen-bond donors (Lipinski definition) is 0. The quantitative estimate of drug-likeness (QED) is 0.840. The molecule has 2 aromatic rings. The molecule has 0 amide bonds. The minimum absolute atomic E-state index is 0.108. The average Bonchev–Trinajstić information content (AvgIpc) is 2.75. The van der Waals surface area contributed by atoms with Crippen LogP contribution in [-0.4, -0.2) is 27.7 Å². The zero-order valence-electron chi connectivity index (χ0n) is 13.4. The summed E-state index contributed by atoms with van der Waals surface area (Å²) in [5.74, 6) is 1.09. The molecular formula is C18H19NO4S. The third-order valence-corrected chi connectivity index (χ3v) is 6.34. The molecule has 0 aliphatic carbocycles. The Morgan fingerprint density at radius 3 is 2.62 bits per heavy atom. The SMILES string of the molecule is C[C@@H]1Cc2ccccc2N1S(=O)(=O)c1ccc2c(c1)OCCCO2. The molecule has 0 bridgehead atoms. The van der Waals surface area contributed by atoms with E-state index in [-0.39, 0.29) is 10.9 Å². The number of hydrogen-bond acceptors (Lipinski definition) is 4. The predicted octanol–water partition coefficient (Wildman–Crippen LogP) is 2.99. The van der Waals surface area contributed by atoms with E-state index < -0.39 is 10.0 Å². The van der Waals surface area contributed by atoms with Crippen LogP contribution >= 0.6 is 0 Å². The highest BCUT2D eigenvalue weighted by Crippen LogP contribution is 2.38. The van der Waals surface area contributed by atoms with E-state index in [0.29, 0.717) is 24.7 Å². The van der Waals surface area contributed by atoms with Crippen LogP contribution in [0.4, 0.5) is 5.69 Å². The number of anilines is 1. The monoisotopic (exact) mass is 345 g/mol. The Balaban J connectivity index is 1.77. The highest BCUT2D eigenvalue weighted by Gasteiger charge is 2.36. The van der Waals surface area contributed by atoms with Gasteiger partial charge in [0, 0.05) is 18.5 Å². The Morgan fingerprint density at radius 2 is 1.79 bits per heavy atom. The summed E-state index contributed by atoms with van der Waals surface area (Å²) >= 11 is 0. The van der Waals surface area contributed by atoms with Gasteiger partial charge in [0.25, 0.3) is 10.0 Å². The van der Waals surface area contributed by atoms with Gasteiger partial charge in [0.2, 0.25) is 0 Å². The van der Waals surface area contributed by atoms with Gasteiger partial charge in [-0.05, 0) is 37.1 Å². The molecule has 2 aliphatic rings. The molecule has 0 saturated carbocycles. The van der Waals surface area contributed by atoms with Crippen molar-refractivity contribution in [3.63, 3.8) is 0 Å². The zero-order valence-corrected chi connectivity index (χ0v) is 14.3. The smallest absolute Gasteiger partial charge is 0.264 e. The summed E-state index contributed by atoms with van der Waals surface area (Å²) in [5.41, 5.74) is 1.82. The van der Waals surface area contributed by atoms with Gasteiger partial charge in [-0.3, -0.25) is 4.31 Å². The predicted molar refractivity (Wildman–Crippen MR) is 91.3 cm³/mol. The van der Waals surface area contributed by atoms with E-state index in [1.807, 2.05) is 31.2 Å². The zero-order chi connectivity index (χ0) is 16.7. The number of sulfonamides is 1. The standard InChI is InChI=1S/C18H19NO4S/c1-13-11-14-5-2-3-6-16(14)19(13)24(20,21)15-7-8-17-18(12-15)23-10-4-9-22-17/h2-3,5-8,12-13H,4,9-11H2,1H3/t13-/m1/s1. The van der Waals surface area contributed by atoms with E-state index in [9.17, 15) is 8.42 Å². The topological polar surface area (TPSA) is 55.8 Å². The Morgan fingerprint density at radius 1 is 1.04 bits per heavy atom. The van der Waals surface area contributed by atoms with Gasteiger partial charge in [-0.15, -0.1) is 0 Å². The number of fused-ring (bicyclic) bond motifs is 2. The Bertz CT molecular complexity index is 878. The van der Waals surface area contributed by atoms with Gasteiger partial charge in [-0.2, -0.15) is 0 Å². The molecule has 2 aromatic carbocycles. The molecule has 0 unspecified atom stereocenters. The van der Waals surface area contributed by atoms with Crippen LogP contribution in [0.3, 0.4) is 0 Å². The lowest BCUT2D eigenvalue weighted by Crippen LogP contribution is -2.35. The summed E-state index contributed by atoms with van der Waals surface area (Å²) in [6.45, 7) is 3.04. The van der Waals surface area contributed by atoms with Crippen LogP contribution < -0.4 is 13.8 Å². The van der Waals surface area contributed by atoms with Crippen molar-refractivity contribution in [2.45, 2.75) is 30.7 Å². The molecule has 0 fully saturated rings. The number of benzene rings is 2. The molecular weight excluding hydrogens is 326 g/mol. The Kier molecular flexibility index (Phi) is 3.64. The molecule has 2 aliphatic heterocycles. The first-order valence-corrected chi connectivity index (χ1v) is 9.53. The fourth-order valence-corrected chi connectivity index (χ4v) is 5.03. The molecule has 0 saturated heterocycles. The summed E-state index contributed by atoms with van der Waals surface area (Å²) < 4.78 is 39.2. The molecule has 5 nitrogen and oxygen atoms in total. The lowest BCUT2D eigenvalue weighted by molar-refractivity contribution is 0.297. The molecule has 24 heavy (non-hydrogen) atoms. The van der Waals surface area contributed by atoms with Gasteiger partial charge in [0.1, 0.15) is 0 Å². The maximum atomic E-state index is 13.2. The van der Waals surface area contributed by atoms with Gasteiger partial charge in [-0.25, -0.2) is 8.42 Å². The van der Waals surface area contributed by atoms with E-state index in [1.54, 1.807) is 18.2 Å². The number of nitrogens with zero attached hydrogens (tertiary/aromatic N) is 1. The minimum atomic E-state index is -3.65. The second kappa shape index (κ2) is 5.70. The Hall–Kier alpha value is -2.21. The number of rotatable bonds is 2. The van der Waals surface area contributed by atoms with Crippen LogP contribution in [0.15, 0.2) is 47.4 Å². The summed E-state index contributed by atoms with van der Waals surface area (Å²) in [6.07, 6.45) is 1.51. The molecule has 2 heterocycles. The van der Waals surface area contributed by atoms with Crippen LogP contribution in [0, 0.1) is 0 Å². The third-order valence-electron chi connectivity index (χ3n) is 4.42. The van der Waals surface area contributed by atoms with E-state index in [1.165, 1.54) is 4.31 Å². The molecule has 4 rings (SSSR count). The first-order chi connectivity index (χ1) is 11.6. The normalized spacial score (nSPS) is 19.7. The van der Waals surface area contributed by atoms with Gasteiger partial charge in [0.05, 0.1) is 23.8 Å². The minimum Gasteiger partial charge on any atom is -0.490 e. The molecule has 0 aromatic heterocycles. The van der Waals surface area contributed by atoms with Crippen LogP contribution in [0.5, 0.6) is 11.5 Å². The van der Waals surface area contributed by atoms with Gasteiger partial charge in [0.15, 0.2) is 11.5 Å². The fraction of sp³-hybridized carbons (Fsp3) is 0.333. The Labute approximate surface area is 141 Å². The van der Waals surface area contributed by atoms with Crippen molar-refractivity contribution < 1.29 is 17.9 Å². The summed E-state index contributed by atoms with van der Waals surface area (Å²) in [4.78, 5) is 0.232. The molecule has 0 radical (unpaired) electrons. The molecule has 1 atom stereocenters. The second-order valence-electron chi connectivity index (χ2n) is 6.14. The highest BCUT2D eigenvalue weighted by molar-refractivity contribution is 7.92. The number of para-hydroxylation sites is 1.